The smallest absolute Gasteiger partial charge is 0.123 e. The van der Waals surface area contributed by atoms with Crippen LogP contribution in [0.3, 0.4) is 0 Å². The Morgan fingerprint density at radius 2 is 1.78 bits per heavy atom. The van der Waals surface area contributed by atoms with E-state index < -0.39 is 0 Å². The van der Waals surface area contributed by atoms with Gasteiger partial charge in [0.2, 0.25) is 0 Å². The van der Waals surface area contributed by atoms with Gasteiger partial charge >= 0.3 is 0 Å². The van der Waals surface area contributed by atoms with Gasteiger partial charge in [0.15, 0.2) is 0 Å². The van der Waals surface area contributed by atoms with Gasteiger partial charge in [0, 0.05) is 43.2 Å². The van der Waals surface area contributed by atoms with Gasteiger partial charge in [0.1, 0.15) is 5.01 Å². The van der Waals surface area contributed by atoms with Crippen LogP contribution in [0.5, 0.6) is 0 Å². The van der Waals surface area contributed by atoms with E-state index in [0.29, 0.717) is 0 Å². The van der Waals surface area contributed by atoms with Crippen LogP contribution in [-0.4, -0.2) is 36.1 Å². The Kier molecular flexibility index (Phi) is 6.86. The Labute approximate surface area is 154 Å². The number of piperazine rings is 1. The molecule has 1 N–H and O–H groups in total. The average Bonchev–Trinajstić information content (AvgIpc) is 3.10. The molecule has 3 nitrogen and oxygen atoms in total. The van der Waals surface area contributed by atoms with E-state index in [2.05, 4.69) is 34.5 Å². The molecule has 0 amide bonds. The summed E-state index contributed by atoms with van der Waals surface area (Å²) in [5.74, 6) is 0. The fraction of sp³-hybridized carbons (Fsp3) is 0.471. The van der Waals surface area contributed by atoms with Crippen molar-refractivity contribution < 1.29 is 0 Å². The number of thiazole rings is 1. The molecule has 0 spiro atoms. The summed E-state index contributed by atoms with van der Waals surface area (Å²) in [5.41, 5.74) is 4.03. The normalized spacial score (nSPS) is 17.2. The van der Waals surface area contributed by atoms with E-state index in [4.69, 9.17) is 4.98 Å². The number of nitrogens with one attached hydrogen (secondary N) is 1. The predicted octanol–water partition coefficient (Wildman–Crippen LogP) is 3.55. The lowest BCUT2D eigenvalue weighted by Crippen LogP contribution is -2.42. The molecule has 1 aliphatic heterocycles. The van der Waals surface area contributed by atoms with Crippen molar-refractivity contribution in [3.63, 3.8) is 0 Å². The van der Waals surface area contributed by atoms with Crippen LogP contribution < -0.4 is 5.32 Å². The summed E-state index contributed by atoms with van der Waals surface area (Å²) in [5, 5.41) is 4.60. The molecule has 1 fully saturated rings. The minimum Gasteiger partial charge on any atom is -0.314 e. The minimum atomic E-state index is 0. The Bertz CT molecular complexity index is 600. The van der Waals surface area contributed by atoms with Crippen molar-refractivity contribution in [2.75, 3.05) is 26.2 Å². The number of fused-ring (bicyclic) bond motifs is 1. The predicted molar refractivity (Wildman–Crippen MR) is 102 cm³/mol. The van der Waals surface area contributed by atoms with Gasteiger partial charge in [-0.25, -0.2) is 4.98 Å². The number of aromatic nitrogens is 1. The van der Waals surface area contributed by atoms with Crippen molar-refractivity contribution in [2.45, 2.75) is 25.8 Å². The quantitative estimate of drug-likeness (QED) is 0.893. The van der Waals surface area contributed by atoms with Gasteiger partial charge in [-0.1, -0.05) is 24.3 Å². The molecule has 1 aliphatic carbocycles. The van der Waals surface area contributed by atoms with Gasteiger partial charge in [0.25, 0.3) is 0 Å². The van der Waals surface area contributed by atoms with E-state index in [0.717, 1.165) is 32.7 Å². The third-order valence-corrected chi connectivity index (χ3v) is 5.62. The Hall–Kier alpha value is -0.650. The highest BCUT2D eigenvalue weighted by molar-refractivity contribution is 7.15. The molecule has 0 saturated carbocycles. The molecule has 2 aliphatic rings. The van der Waals surface area contributed by atoms with Gasteiger partial charge in [-0.3, -0.25) is 4.90 Å². The number of hydrogen-bond acceptors (Lipinski definition) is 4. The molecule has 0 radical (unpaired) electrons. The molecule has 0 unspecified atom stereocenters. The van der Waals surface area contributed by atoms with Gasteiger partial charge < -0.3 is 5.32 Å². The van der Waals surface area contributed by atoms with Crippen LogP contribution in [0.4, 0.5) is 0 Å². The number of aryl methyl sites for hydroxylation is 2. The third kappa shape index (κ3) is 4.25. The second kappa shape index (κ2) is 8.45. The zero-order valence-corrected chi connectivity index (χ0v) is 15.5. The Morgan fingerprint density at radius 1 is 1.04 bits per heavy atom. The first-order chi connectivity index (χ1) is 10.4. The minimum absolute atomic E-state index is 0. The molecule has 2 aromatic rings. The molecule has 1 saturated heterocycles. The molecule has 126 valence electrons. The Morgan fingerprint density at radius 3 is 2.48 bits per heavy atom. The summed E-state index contributed by atoms with van der Waals surface area (Å²) in [4.78, 5) is 8.83. The highest BCUT2D eigenvalue weighted by Gasteiger charge is 2.17. The zero-order chi connectivity index (χ0) is 14.1. The molecule has 0 atom stereocenters. The molecular formula is C17H23Cl2N3S. The number of halogens is 2. The summed E-state index contributed by atoms with van der Waals surface area (Å²) in [6, 6.07) is 9.02. The standard InChI is InChI=1S/C17H21N3S.2ClH/c1-2-15-16(3-1)21-17(19-15)14-6-4-13(5-7-14)12-20-10-8-18-9-11-20;;/h4-7,18H,1-3,8-12H2;2*1H. The second-order valence-corrected chi connectivity index (χ2v) is 7.05. The zero-order valence-electron chi connectivity index (χ0n) is 13.1. The van der Waals surface area contributed by atoms with Crippen molar-refractivity contribution in [1.29, 1.82) is 0 Å². The maximum Gasteiger partial charge on any atom is 0.123 e. The van der Waals surface area contributed by atoms with Crippen molar-refractivity contribution in [1.82, 2.24) is 15.2 Å². The highest BCUT2D eigenvalue weighted by Crippen LogP contribution is 2.33. The lowest BCUT2D eigenvalue weighted by Gasteiger charge is -2.27. The van der Waals surface area contributed by atoms with E-state index in [1.165, 1.54) is 46.0 Å². The van der Waals surface area contributed by atoms with Crippen molar-refractivity contribution in [3.05, 3.63) is 40.4 Å². The van der Waals surface area contributed by atoms with E-state index in [1.54, 1.807) is 0 Å². The van der Waals surface area contributed by atoms with Crippen LogP contribution in [0.25, 0.3) is 10.6 Å². The fourth-order valence-electron chi connectivity index (χ4n) is 3.19. The molecule has 23 heavy (non-hydrogen) atoms. The molecule has 2 heterocycles. The number of hydrogen-bond donors (Lipinski definition) is 1. The lowest BCUT2D eigenvalue weighted by atomic mass is 10.1. The maximum atomic E-state index is 4.81. The largest absolute Gasteiger partial charge is 0.314 e. The second-order valence-electron chi connectivity index (χ2n) is 5.97. The van der Waals surface area contributed by atoms with Gasteiger partial charge in [-0.05, 0) is 24.8 Å². The number of rotatable bonds is 3. The van der Waals surface area contributed by atoms with E-state index >= 15 is 0 Å². The maximum absolute atomic E-state index is 4.81. The topological polar surface area (TPSA) is 28.2 Å². The van der Waals surface area contributed by atoms with Crippen LogP contribution >= 0.6 is 36.2 Å². The summed E-state index contributed by atoms with van der Waals surface area (Å²) in [6.07, 6.45) is 3.69. The van der Waals surface area contributed by atoms with Crippen LogP contribution in [0, 0.1) is 0 Å². The monoisotopic (exact) mass is 371 g/mol. The molecule has 1 aromatic carbocycles. The molecule has 6 heteroatoms. The van der Waals surface area contributed by atoms with Gasteiger partial charge in [-0.2, -0.15) is 0 Å². The fourth-order valence-corrected chi connectivity index (χ4v) is 4.35. The lowest BCUT2D eigenvalue weighted by molar-refractivity contribution is 0.233. The Balaban J connectivity index is 0.000000960. The van der Waals surface area contributed by atoms with Crippen LogP contribution in [0.1, 0.15) is 22.6 Å². The van der Waals surface area contributed by atoms with Crippen LogP contribution in [0.2, 0.25) is 0 Å². The number of benzene rings is 1. The summed E-state index contributed by atoms with van der Waals surface area (Å²) >= 11 is 1.89. The summed E-state index contributed by atoms with van der Waals surface area (Å²) < 4.78 is 0. The SMILES string of the molecule is Cl.Cl.c1cc(-c2nc3c(s2)CCC3)ccc1CN1CCNCC1. The third-order valence-electron chi connectivity index (χ3n) is 4.41. The van der Waals surface area contributed by atoms with Crippen molar-refractivity contribution >= 4 is 36.2 Å². The first-order valence-corrected chi connectivity index (χ1v) is 8.71. The molecule has 1 aromatic heterocycles. The van der Waals surface area contributed by atoms with E-state index in [-0.39, 0.29) is 24.8 Å². The van der Waals surface area contributed by atoms with Crippen molar-refractivity contribution in [3.8, 4) is 10.6 Å². The van der Waals surface area contributed by atoms with Crippen molar-refractivity contribution in [2.24, 2.45) is 0 Å². The molecular weight excluding hydrogens is 349 g/mol. The highest BCUT2D eigenvalue weighted by atomic mass is 35.5. The molecule has 4 rings (SSSR count). The number of nitrogens with zero attached hydrogens (tertiary/aromatic N) is 2. The average molecular weight is 372 g/mol. The van der Waals surface area contributed by atoms with Crippen LogP contribution in [0.15, 0.2) is 24.3 Å². The first kappa shape index (κ1) is 18.7. The van der Waals surface area contributed by atoms with E-state index in [9.17, 15) is 0 Å². The van der Waals surface area contributed by atoms with Gasteiger partial charge in [-0.15, -0.1) is 36.2 Å². The van der Waals surface area contributed by atoms with Crippen LogP contribution in [-0.2, 0) is 19.4 Å². The summed E-state index contributed by atoms with van der Waals surface area (Å²) in [6.45, 7) is 5.60. The molecule has 0 bridgehead atoms. The van der Waals surface area contributed by atoms with Gasteiger partial charge in [0.05, 0.1) is 5.69 Å². The first-order valence-electron chi connectivity index (χ1n) is 7.89. The summed E-state index contributed by atoms with van der Waals surface area (Å²) in [7, 11) is 0. The van der Waals surface area contributed by atoms with E-state index in [1.807, 2.05) is 11.3 Å².